The smallest absolute Gasteiger partial charge is 0.325 e. The normalized spacial score (nSPS) is 16.1. The number of urea groups is 1. The first-order chi connectivity index (χ1) is 14.5. The Labute approximate surface area is 174 Å². The lowest BCUT2D eigenvalue weighted by Gasteiger charge is -2.19. The Morgan fingerprint density at radius 3 is 2.03 bits per heavy atom. The number of amides is 4. The zero-order valence-electron chi connectivity index (χ0n) is 16.5. The Morgan fingerprint density at radius 2 is 1.40 bits per heavy atom. The minimum absolute atomic E-state index is 0.328. The standard InChI is InChI=1S/C24H21N3O3/c1-17-23(29)26(24(30)27(17)21-10-6-3-7-11-21)16-22(28)25-20-14-12-19(13-15-20)18-8-4-2-5-9-18/h2-15,17H,16H2,1H3,(H,25,28). The molecule has 0 spiro atoms. The Hall–Kier alpha value is -3.93. The number of para-hydroxylation sites is 1. The monoisotopic (exact) mass is 399 g/mol. The number of benzene rings is 3. The van der Waals surface area contributed by atoms with Gasteiger partial charge in [0.25, 0.3) is 5.91 Å². The second-order valence-corrected chi connectivity index (χ2v) is 7.08. The van der Waals surface area contributed by atoms with Gasteiger partial charge in [-0.1, -0.05) is 60.7 Å². The third kappa shape index (κ3) is 3.80. The molecule has 0 saturated carbocycles. The second kappa shape index (κ2) is 8.21. The average Bonchev–Trinajstić information content (AvgIpc) is 2.98. The van der Waals surface area contributed by atoms with Crippen molar-refractivity contribution >= 4 is 29.2 Å². The zero-order valence-corrected chi connectivity index (χ0v) is 16.5. The summed E-state index contributed by atoms with van der Waals surface area (Å²) in [6.07, 6.45) is 0. The van der Waals surface area contributed by atoms with Crippen molar-refractivity contribution in [2.24, 2.45) is 0 Å². The minimum Gasteiger partial charge on any atom is -0.325 e. The number of nitrogens with one attached hydrogen (secondary N) is 1. The molecule has 1 aliphatic heterocycles. The van der Waals surface area contributed by atoms with Gasteiger partial charge in [-0.3, -0.25) is 19.4 Å². The van der Waals surface area contributed by atoms with E-state index < -0.39 is 23.9 Å². The number of imide groups is 1. The fraction of sp³-hybridized carbons (Fsp3) is 0.125. The van der Waals surface area contributed by atoms with Crippen molar-refractivity contribution in [3.8, 4) is 11.1 Å². The molecular formula is C24H21N3O3. The van der Waals surface area contributed by atoms with E-state index in [0.29, 0.717) is 11.4 Å². The Morgan fingerprint density at radius 1 is 0.833 bits per heavy atom. The van der Waals surface area contributed by atoms with Crippen molar-refractivity contribution in [3.63, 3.8) is 0 Å². The molecule has 3 aromatic rings. The molecule has 1 fully saturated rings. The lowest BCUT2D eigenvalue weighted by molar-refractivity contribution is -0.130. The van der Waals surface area contributed by atoms with Crippen molar-refractivity contribution in [3.05, 3.63) is 84.9 Å². The quantitative estimate of drug-likeness (QED) is 0.656. The minimum atomic E-state index is -0.655. The summed E-state index contributed by atoms with van der Waals surface area (Å²) >= 11 is 0. The van der Waals surface area contributed by atoms with Crippen molar-refractivity contribution in [1.82, 2.24) is 4.90 Å². The molecule has 3 aromatic carbocycles. The molecule has 0 aliphatic carbocycles. The summed E-state index contributed by atoms with van der Waals surface area (Å²) in [6.45, 7) is 1.33. The number of rotatable bonds is 5. The first kappa shape index (κ1) is 19.4. The van der Waals surface area contributed by atoms with E-state index in [9.17, 15) is 14.4 Å². The molecule has 150 valence electrons. The third-order valence-corrected chi connectivity index (χ3v) is 5.06. The van der Waals surface area contributed by atoms with Crippen LogP contribution in [0.25, 0.3) is 11.1 Å². The van der Waals surface area contributed by atoms with E-state index in [1.807, 2.05) is 48.5 Å². The van der Waals surface area contributed by atoms with E-state index in [4.69, 9.17) is 0 Å². The van der Waals surface area contributed by atoms with Crippen molar-refractivity contribution < 1.29 is 14.4 Å². The van der Waals surface area contributed by atoms with Gasteiger partial charge in [-0.25, -0.2) is 4.79 Å². The van der Waals surface area contributed by atoms with Crippen LogP contribution in [0.3, 0.4) is 0 Å². The van der Waals surface area contributed by atoms with E-state index >= 15 is 0 Å². The number of carbonyl (C=O) groups is 3. The molecule has 6 heteroatoms. The molecule has 1 unspecified atom stereocenters. The van der Waals surface area contributed by atoms with Crippen LogP contribution in [0, 0.1) is 0 Å². The van der Waals surface area contributed by atoms with Gasteiger partial charge in [-0.15, -0.1) is 0 Å². The van der Waals surface area contributed by atoms with Gasteiger partial charge in [0.15, 0.2) is 0 Å². The zero-order chi connectivity index (χ0) is 21.1. The summed E-state index contributed by atoms with van der Waals surface area (Å²) in [5, 5.41) is 2.75. The number of hydrogen-bond acceptors (Lipinski definition) is 3. The van der Waals surface area contributed by atoms with E-state index in [-0.39, 0.29) is 6.54 Å². The second-order valence-electron chi connectivity index (χ2n) is 7.08. The Kier molecular flexibility index (Phi) is 5.30. The molecule has 1 N–H and O–H groups in total. The molecule has 4 amide bonds. The number of anilines is 2. The molecule has 1 heterocycles. The molecule has 1 aliphatic rings. The molecule has 1 atom stereocenters. The maximum atomic E-state index is 12.8. The maximum absolute atomic E-state index is 12.8. The Bertz CT molecular complexity index is 1070. The fourth-order valence-corrected chi connectivity index (χ4v) is 3.51. The van der Waals surface area contributed by atoms with Gasteiger partial charge in [0.2, 0.25) is 5.91 Å². The highest BCUT2D eigenvalue weighted by Gasteiger charge is 2.43. The number of hydrogen-bond donors (Lipinski definition) is 1. The third-order valence-electron chi connectivity index (χ3n) is 5.06. The van der Waals surface area contributed by atoms with Crippen LogP contribution in [0.1, 0.15) is 6.92 Å². The molecule has 6 nitrogen and oxygen atoms in total. The van der Waals surface area contributed by atoms with Crippen LogP contribution in [0.2, 0.25) is 0 Å². The first-order valence-corrected chi connectivity index (χ1v) is 9.69. The maximum Gasteiger partial charge on any atom is 0.332 e. The summed E-state index contributed by atoms with van der Waals surface area (Å²) in [4.78, 5) is 40.2. The van der Waals surface area contributed by atoms with Crippen LogP contribution >= 0.6 is 0 Å². The highest BCUT2D eigenvalue weighted by Crippen LogP contribution is 2.25. The van der Waals surface area contributed by atoms with Crippen LogP contribution in [-0.4, -0.2) is 35.3 Å². The molecule has 0 bridgehead atoms. The summed E-state index contributed by atoms with van der Waals surface area (Å²) in [6, 6.07) is 25.2. The van der Waals surface area contributed by atoms with Gasteiger partial charge in [0, 0.05) is 11.4 Å². The largest absolute Gasteiger partial charge is 0.332 e. The van der Waals surface area contributed by atoms with Crippen LogP contribution in [0.5, 0.6) is 0 Å². The van der Waals surface area contributed by atoms with Gasteiger partial charge in [-0.2, -0.15) is 0 Å². The highest BCUT2D eigenvalue weighted by atomic mass is 16.2. The average molecular weight is 399 g/mol. The van der Waals surface area contributed by atoms with Crippen molar-refractivity contribution in [1.29, 1.82) is 0 Å². The van der Waals surface area contributed by atoms with Crippen LogP contribution < -0.4 is 10.2 Å². The summed E-state index contributed by atoms with van der Waals surface area (Å²) in [5.41, 5.74) is 3.35. The molecule has 0 aromatic heterocycles. The predicted molar refractivity (Wildman–Crippen MR) is 116 cm³/mol. The summed E-state index contributed by atoms with van der Waals surface area (Å²) in [5.74, 6) is -0.815. The Balaban J connectivity index is 1.42. The van der Waals surface area contributed by atoms with Gasteiger partial charge >= 0.3 is 6.03 Å². The van der Waals surface area contributed by atoms with E-state index in [1.165, 1.54) is 4.90 Å². The lowest BCUT2D eigenvalue weighted by Crippen LogP contribution is -2.39. The van der Waals surface area contributed by atoms with Gasteiger partial charge in [-0.05, 0) is 42.3 Å². The molecule has 4 rings (SSSR count). The number of nitrogens with zero attached hydrogens (tertiary/aromatic N) is 2. The van der Waals surface area contributed by atoms with Crippen LogP contribution in [0.15, 0.2) is 84.9 Å². The molecule has 0 radical (unpaired) electrons. The van der Waals surface area contributed by atoms with Crippen molar-refractivity contribution in [2.45, 2.75) is 13.0 Å². The van der Waals surface area contributed by atoms with Crippen molar-refractivity contribution in [2.75, 3.05) is 16.8 Å². The fourth-order valence-electron chi connectivity index (χ4n) is 3.51. The van der Waals surface area contributed by atoms with Gasteiger partial charge in [0.05, 0.1) is 0 Å². The molecular weight excluding hydrogens is 378 g/mol. The topological polar surface area (TPSA) is 69.7 Å². The van der Waals surface area contributed by atoms with Crippen LogP contribution in [0.4, 0.5) is 16.2 Å². The summed E-state index contributed by atoms with van der Waals surface area (Å²) in [7, 11) is 0. The molecule has 1 saturated heterocycles. The van der Waals surface area contributed by atoms with E-state index in [0.717, 1.165) is 16.0 Å². The van der Waals surface area contributed by atoms with Crippen LogP contribution in [-0.2, 0) is 9.59 Å². The first-order valence-electron chi connectivity index (χ1n) is 9.69. The predicted octanol–water partition coefficient (Wildman–Crippen LogP) is 4.15. The van der Waals surface area contributed by atoms with E-state index in [1.54, 1.807) is 43.3 Å². The van der Waals surface area contributed by atoms with Gasteiger partial charge in [0.1, 0.15) is 12.6 Å². The number of carbonyl (C=O) groups excluding carboxylic acids is 3. The SMILES string of the molecule is CC1C(=O)N(CC(=O)Nc2ccc(-c3ccccc3)cc2)C(=O)N1c1ccccc1. The lowest BCUT2D eigenvalue weighted by atomic mass is 10.1. The molecule has 30 heavy (non-hydrogen) atoms. The van der Waals surface area contributed by atoms with Gasteiger partial charge < -0.3 is 5.32 Å². The van der Waals surface area contributed by atoms with E-state index in [2.05, 4.69) is 5.32 Å². The highest BCUT2D eigenvalue weighted by molar-refractivity contribution is 6.16. The summed E-state index contributed by atoms with van der Waals surface area (Å²) < 4.78 is 0.